The molecular formula is C8H10BrNO2S2. The van der Waals surface area contributed by atoms with E-state index in [1.165, 1.54) is 16.6 Å². The SMILES string of the molecule is N[C@@H](CSCc1sccc1Br)C(=O)O. The number of nitrogens with two attached hydrogens (primary N) is 1. The van der Waals surface area contributed by atoms with Gasteiger partial charge in [0.1, 0.15) is 6.04 Å². The lowest BCUT2D eigenvalue weighted by Crippen LogP contribution is -2.32. The normalized spacial score (nSPS) is 12.7. The lowest BCUT2D eigenvalue weighted by Gasteiger charge is -2.04. The van der Waals surface area contributed by atoms with Crippen LogP contribution in [0.15, 0.2) is 15.9 Å². The second-order valence-corrected chi connectivity index (χ2v) is 5.54. The van der Waals surface area contributed by atoms with Crippen molar-refractivity contribution in [3.8, 4) is 0 Å². The standard InChI is InChI=1S/C8H10BrNO2S2/c9-5-1-2-14-7(5)4-13-3-6(10)8(11)12/h1-2,6H,3-4,10H2,(H,11,12)/t6-/m0/s1. The molecule has 1 heterocycles. The molecule has 6 heteroatoms. The average molecular weight is 296 g/mol. The fraction of sp³-hybridized carbons (Fsp3) is 0.375. The van der Waals surface area contributed by atoms with Crippen LogP contribution in [0.2, 0.25) is 0 Å². The molecule has 0 aliphatic carbocycles. The Morgan fingerprint density at radius 1 is 1.79 bits per heavy atom. The molecule has 1 aromatic heterocycles. The van der Waals surface area contributed by atoms with E-state index in [1.807, 2.05) is 11.4 Å². The van der Waals surface area contributed by atoms with Crippen LogP contribution in [-0.4, -0.2) is 22.9 Å². The van der Waals surface area contributed by atoms with E-state index in [9.17, 15) is 4.79 Å². The molecule has 0 aromatic carbocycles. The molecule has 1 atom stereocenters. The molecule has 78 valence electrons. The molecule has 14 heavy (non-hydrogen) atoms. The number of carboxylic acid groups (broad SMARTS) is 1. The molecule has 0 unspecified atom stereocenters. The largest absolute Gasteiger partial charge is 0.480 e. The van der Waals surface area contributed by atoms with Gasteiger partial charge in [-0.2, -0.15) is 11.8 Å². The molecule has 0 fully saturated rings. The fourth-order valence-corrected chi connectivity index (χ4v) is 3.62. The van der Waals surface area contributed by atoms with E-state index < -0.39 is 12.0 Å². The first-order valence-corrected chi connectivity index (χ1v) is 6.72. The second-order valence-electron chi connectivity index (χ2n) is 2.65. The molecule has 3 N–H and O–H groups in total. The zero-order valence-corrected chi connectivity index (χ0v) is 10.5. The van der Waals surface area contributed by atoms with Gasteiger partial charge >= 0.3 is 5.97 Å². The van der Waals surface area contributed by atoms with Crippen LogP contribution in [-0.2, 0) is 10.5 Å². The summed E-state index contributed by atoms with van der Waals surface area (Å²) in [5, 5.41) is 10.5. The summed E-state index contributed by atoms with van der Waals surface area (Å²) in [5.41, 5.74) is 5.37. The second kappa shape index (κ2) is 5.75. The Morgan fingerprint density at radius 2 is 2.50 bits per heavy atom. The predicted octanol–water partition coefficient (Wildman–Crippen LogP) is 2.16. The number of aliphatic carboxylic acids is 1. The van der Waals surface area contributed by atoms with Crippen molar-refractivity contribution in [1.29, 1.82) is 0 Å². The highest BCUT2D eigenvalue weighted by Crippen LogP contribution is 2.26. The lowest BCUT2D eigenvalue weighted by molar-refractivity contribution is -0.137. The Kier molecular flexibility index (Phi) is 4.94. The third-order valence-corrected chi connectivity index (χ3v) is 4.74. The van der Waals surface area contributed by atoms with Gasteiger partial charge in [-0.15, -0.1) is 11.3 Å². The zero-order valence-electron chi connectivity index (χ0n) is 7.27. The van der Waals surface area contributed by atoms with E-state index in [1.54, 1.807) is 11.3 Å². The van der Waals surface area contributed by atoms with E-state index in [-0.39, 0.29) is 0 Å². The maximum Gasteiger partial charge on any atom is 0.321 e. The summed E-state index contributed by atoms with van der Waals surface area (Å²) < 4.78 is 1.08. The summed E-state index contributed by atoms with van der Waals surface area (Å²) in [5.74, 6) is 0.307. The number of hydrogen-bond donors (Lipinski definition) is 2. The van der Waals surface area contributed by atoms with Gasteiger partial charge in [-0.1, -0.05) is 0 Å². The molecule has 0 saturated carbocycles. The van der Waals surface area contributed by atoms with E-state index in [4.69, 9.17) is 10.8 Å². The Balaban J connectivity index is 2.29. The number of thiophene rings is 1. The fourth-order valence-electron chi connectivity index (χ4n) is 0.778. The number of carbonyl (C=O) groups is 1. The van der Waals surface area contributed by atoms with Gasteiger partial charge in [0.25, 0.3) is 0 Å². The van der Waals surface area contributed by atoms with Crippen molar-refractivity contribution >= 4 is 45.0 Å². The van der Waals surface area contributed by atoms with Crippen molar-refractivity contribution in [3.05, 3.63) is 20.8 Å². The lowest BCUT2D eigenvalue weighted by atomic mass is 10.4. The maximum atomic E-state index is 10.4. The van der Waals surface area contributed by atoms with Crippen LogP contribution in [0, 0.1) is 0 Å². The van der Waals surface area contributed by atoms with E-state index in [0.717, 1.165) is 10.2 Å². The molecule has 0 aliphatic heterocycles. The van der Waals surface area contributed by atoms with Crippen molar-refractivity contribution in [3.63, 3.8) is 0 Å². The van der Waals surface area contributed by atoms with Gasteiger partial charge < -0.3 is 10.8 Å². The minimum Gasteiger partial charge on any atom is -0.480 e. The Labute approximate surface area is 98.8 Å². The number of rotatable bonds is 5. The van der Waals surface area contributed by atoms with Crippen LogP contribution < -0.4 is 5.73 Å². The molecule has 0 amide bonds. The minimum absolute atomic E-state index is 0.444. The Hall–Kier alpha value is -0.0400. The topological polar surface area (TPSA) is 63.3 Å². The van der Waals surface area contributed by atoms with Crippen molar-refractivity contribution < 1.29 is 9.90 Å². The highest BCUT2D eigenvalue weighted by Gasteiger charge is 2.11. The van der Waals surface area contributed by atoms with Gasteiger partial charge in [0, 0.05) is 20.9 Å². The molecule has 3 nitrogen and oxygen atoms in total. The van der Waals surface area contributed by atoms with Gasteiger partial charge in [-0.3, -0.25) is 4.79 Å². The third kappa shape index (κ3) is 3.61. The van der Waals surface area contributed by atoms with Crippen molar-refractivity contribution in [2.45, 2.75) is 11.8 Å². The van der Waals surface area contributed by atoms with E-state index in [0.29, 0.717) is 5.75 Å². The van der Waals surface area contributed by atoms with Gasteiger partial charge in [0.15, 0.2) is 0 Å². The van der Waals surface area contributed by atoms with Crippen LogP contribution in [0.25, 0.3) is 0 Å². The van der Waals surface area contributed by atoms with Gasteiger partial charge in [0.05, 0.1) is 0 Å². The summed E-state index contributed by atoms with van der Waals surface area (Å²) in [6.45, 7) is 0. The van der Waals surface area contributed by atoms with Crippen LogP contribution in [0.5, 0.6) is 0 Å². The van der Waals surface area contributed by atoms with Crippen molar-refractivity contribution in [2.24, 2.45) is 5.73 Å². The molecular weight excluding hydrogens is 286 g/mol. The third-order valence-electron chi connectivity index (χ3n) is 1.54. The first kappa shape index (κ1) is 12.0. The monoisotopic (exact) mass is 295 g/mol. The smallest absolute Gasteiger partial charge is 0.321 e. The zero-order chi connectivity index (χ0) is 10.6. The van der Waals surface area contributed by atoms with Gasteiger partial charge in [0.2, 0.25) is 0 Å². The van der Waals surface area contributed by atoms with Gasteiger partial charge in [-0.05, 0) is 27.4 Å². The van der Waals surface area contributed by atoms with Gasteiger partial charge in [-0.25, -0.2) is 0 Å². The number of carboxylic acids is 1. The summed E-state index contributed by atoms with van der Waals surface area (Å²) in [6, 6.07) is 1.22. The molecule has 1 rings (SSSR count). The molecule has 0 spiro atoms. The first-order chi connectivity index (χ1) is 6.61. The quantitative estimate of drug-likeness (QED) is 0.874. The Morgan fingerprint density at radius 3 is 3.00 bits per heavy atom. The minimum atomic E-state index is -0.942. The summed E-state index contributed by atoms with van der Waals surface area (Å²) >= 11 is 6.60. The van der Waals surface area contributed by atoms with Crippen LogP contribution >= 0.6 is 39.0 Å². The summed E-state index contributed by atoms with van der Waals surface area (Å²) in [4.78, 5) is 11.6. The average Bonchev–Trinajstić information content (AvgIpc) is 2.51. The number of hydrogen-bond acceptors (Lipinski definition) is 4. The highest BCUT2D eigenvalue weighted by atomic mass is 79.9. The molecule has 1 aromatic rings. The Bertz CT molecular complexity index is 316. The van der Waals surface area contributed by atoms with Crippen molar-refractivity contribution in [1.82, 2.24) is 0 Å². The van der Waals surface area contributed by atoms with E-state index in [2.05, 4.69) is 15.9 Å². The van der Waals surface area contributed by atoms with Crippen LogP contribution in [0.3, 0.4) is 0 Å². The highest BCUT2D eigenvalue weighted by molar-refractivity contribution is 9.10. The molecule has 0 bridgehead atoms. The van der Waals surface area contributed by atoms with E-state index >= 15 is 0 Å². The first-order valence-electron chi connectivity index (χ1n) is 3.89. The van der Waals surface area contributed by atoms with Crippen LogP contribution in [0.4, 0.5) is 0 Å². The molecule has 0 saturated heterocycles. The number of thioether (sulfide) groups is 1. The summed E-state index contributed by atoms with van der Waals surface area (Å²) in [6.07, 6.45) is 0. The van der Waals surface area contributed by atoms with Crippen LogP contribution in [0.1, 0.15) is 4.88 Å². The van der Waals surface area contributed by atoms with Crippen molar-refractivity contribution in [2.75, 3.05) is 5.75 Å². The molecule has 0 aliphatic rings. The molecule has 0 radical (unpaired) electrons. The predicted molar refractivity (Wildman–Crippen MR) is 63.8 cm³/mol. The summed E-state index contributed by atoms with van der Waals surface area (Å²) in [7, 11) is 0. The number of halogens is 1. The maximum absolute atomic E-state index is 10.4.